The van der Waals surface area contributed by atoms with Gasteiger partial charge in [-0.3, -0.25) is 4.90 Å². The molecule has 3 heteroatoms. The molecule has 0 aromatic heterocycles. The molecule has 15 heavy (non-hydrogen) atoms. The Labute approximate surface area is 89.9 Å². The van der Waals surface area contributed by atoms with Crippen LogP contribution >= 0.6 is 0 Å². The number of benzene rings is 1. The van der Waals surface area contributed by atoms with Crippen LogP contribution in [0, 0.1) is 5.82 Å². The molecule has 0 radical (unpaired) electrons. The van der Waals surface area contributed by atoms with Crippen molar-refractivity contribution in [3.63, 3.8) is 0 Å². The lowest BCUT2D eigenvalue weighted by molar-refractivity contribution is 0.316. The van der Waals surface area contributed by atoms with Gasteiger partial charge in [-0.15, -0.1) is 0 Å². The highest BCUT2D eigenvalue weighted by molar-refractivity contribution is 5.24. The summed E-state index contributed by atoms with van der Waals surface area (Å²) in [5.74, 6) is -0.183. The first-order valence-electron chi connectivity index (χ1n) is 5.37. The van der Waals surface area contributed by atoms with E-state index >= 15 is 0 Å². The summed E-state index contributed by atoms with van der Waals surface area (Å²) in [7, 11) is 2.09. The summed E-state index contributed by atoms with van der Waals surface area (Å²) >= 11 is 0. The highest BCUT2D eigenvalue weighted by Crippen LogP contribution is 2.26. The second-order valence-electron chi connectivity index (χ2n) is 4.32. The Morgan fingerprint density at radius 1 is 1.33 bits per heavy atom. The number of nitrogens with zero attached hydrogens (tertiary/aromatic N) is 1. The van der Waals surface area contributed by atoms with Crippen LogP contribution in [0.5, 0.6) is 0 Å². The Bertz CT molecular complexity index is 347. The number of halogens is 1. The molecule has 1 aromatic carbocycles. The van der Waals surface area contributed by atoms with Crippen molar-refractivity contribution in [3.8, 4) is 0 Å². The normalized spacial score (nSPS) is 16.0. The molecule has 0 atom stereocenters. The van der Waals surface area contributed by atoms with Gasteiger partial charge in [0.2, 0.25) is 0 Å². The fourth-order valence-electron chi connectivity index (χ4n) is 1.86. The summed E-state index contributed by atoms with van der Waals surface area (Å²) in [6, 6.07) is 5.79. The minimum absolute atomic E-state index is 0.183. The predicted molar refractivity (Wildman–Crippen MR) is 58.8 cm³/mol. The first-order valence-corrected chi connectivity index (χ1v) is 5.37. The molecule has 0 spiro atoms. The van der Waals surface area contributed by atoms with E-state index in [0.717, 1.165) is 17.7 Å². The fraction of sp³-hybridized carbons (Fsp3) is 0.500. The maximum Gasteiger partial charge on any atom is 0.123 e. The van der Waals surface area contributed by atoms with Gasteiger partial charge in [-0.1, -0.05) is 6.07 Å². The van der Waals surface area contributed by atoms with Gasteiger partial charge in [0.05, 0.1) is 0 Å². The van der Waals surface area contributed by atoms with Crippen molar-refractivity contribution < 1.29 is 4.39 Å². The lowest BCUT2D eigenvalue weighted by atomic mass is 10.1. The van der Waals surface area contributed by atoms with Crippen molar-refractivity contribution in [2.75, 3.05) is 7.05 Å². The van der Waals surface area contributed by atoms with Crippen molar-refractivity contribution >= 4 is 0 Å². The van der Waals surface area contributed by atoms with Crippen LogP contribution < -0.4 is 5.73 Å². The zero-order valence-corrected chi connectivity index (χ0v) is 9.04. The molecule has 0 saturated heterocycles. The summed E-state index contributed by atoms with van der Waals surface area (Å²) < 4.78 is 13.2. The molecule has 1 fully saturated rings. The Hall–Kier alpha value is -0.930. The summed E-state index contributed by atoms with van der Waals surface area (Å²) in [6.07, 6.45) is 2.55. The first kappa shape index (κ1) is 10.6. The Morgan fingerprint density at radius 3 is 2.60 bits per heavy atom. The third kappa shape index (κ3) is 2.76. The Kier molecular flexibility index (Phi) is 3.03. The van der Waals surface area contributed by atoms with Gasteiger partial charge in [0, 0.05) is 19.1 Å². The summed E-state index contributed by atoms with van der Waals surface area (Å²) in [4.78, 5) is 2.27. The van der Waals surface area contributed by atoms with E-state index in [2.05, 4.69) is 11.9 Å². The molecule has 2 N–H and O–H groups in total. The van der Waals surface area contributed by atoms with Gasteiger partial charge in [0.15, 0.2) is 0 Å². The van der Waals surface area contributed by atoms with Crippen molar-refractivity contribution in [1.29, 1.82) is 0 Å². The monoisotopic (exact) mass is 208 g/mol. The summed E-state index contributed by atoms with van der Waals surface area (Å²) in [6.45, 7) is 1.22. The lowest BCUT2D eigenvalue weighted by Crippen LogP contribution is -2.20. The third-order valence-electron chi connectivity index (χ3n) is 2.86. The number of hydrogen-bond acceptors (Lipinski definition) is 2. The molecular weight excluding hydrogens is 191 g/mol. The van der Waals surface area contributed by atoms with Gasteiger partial charge >= 0.3 is 0 Å². The molecular formula is C12H17FN2. The van der Waals surface area contributed by atoms with Crippen LogP contribution in [0.15, 0.2) is 18.2 Å². The topological polar surface area (TPSA) is 29.3 Å². The summed E-state index contributed by atoms with van der Waals surface area (Å²) in [5, 5.41) is 0. The molecule has 0 unspecified atom stereocenters. The lowest BCUT2D eigenvalue weighted by Gasteiger charge is -2.16. The van der Waals surface area contributed by atoms with Gasteiger partial charge in [-0.2, -0.15) is 0 Å². The average molecular weight is 208 g/mol. The molecule has 0 heterocycles. The van der Waals surface area contributed by atoms with Crippen LogP contribution in [-0.2, 0) is 13.1 Å². The van der Waals surface area contributed by atoms with Crippen molar-refractivity contribution in [2.45, 2.75) is 32.0 Å². The van der Waals surface area contributed by atoms with Crippen LogP contribution in [0.1, 0.15) is 24.0 Å². The van der Waals surface area contributed by atoms with Gasteiger partial charge in [0.25, 0.3) is 0 Å². The molecule has 2 nitrogen and oxygen atoms in total. The van der Waals surface area contributed by atoms with E-state index in [-0.39, 0.29) is 5.82 Å². The van der Waals surface area contributed by atoms with Gasteiger partial charge in [-0.05, 0) is 43.1 Å². The van der Waals surface area contributed by atoms with Crippen molar-refractivity contribution in [1.82, 2.24) is 4.90 Å². The SMILES string of the molecule is CN(Cc1cc(F)cc(CN)c1)C1CC1. The fourth-order valence-corrected chi connectivity index (χ4v) is 1.86. The zero-order chi connectivity index (χ0) is 10.8. The third-order valence-corrected chi connectivity index (χ3v) is 2.86. The van der Waals surface area contributed by atoms with Crippen LogP contribution in [0.3, 0.4) is 0 Å². The van der Waals surface area contributed by atoms with E-state index in [9.17, 15) is 4.39 Å². The van der Waals surface area contributed by atoms with Crippen molar-refractivity contribution in [2.24, 2.45) is 5.73 Å². The maximum atomic E-state index is 13.2. The second-order valence-corrected chi connectivity index (χ2v) is 4.32. The van der Waals surface area contributed by atoms with Gasteiger partial charge in [-0.25, -0.2) is 4.39 Å². The average Bonchev–Trinajstić information content (AvgIpc) is 2.99. The van der Waals surface area contributed by atoms with E-state index in [1.54, 1.807) is 6.07 Å². The Morgan fingerprint density at radius 2 is 2.00 bits per heavy atom. The number of rotatable bonds is 4. The molecule has 1 aliphatic rings. The molecule has 1 aromatic rings. The van der Waals surface area contributed by atoms with E-state index in [4.69, 9.17) is 5.73 Å². The zero-order valence-electron chi connectivity index (χ0n) is 9.04. The van der Waals surface area contributed by atoms with Crippen LogP contribution in [0.2, 0.25) is 0 Å². The predicted octanol–water partition coefficient (Wildman–Crippen LogP) is 1.88. The van der Waals surface area contributed by atoms with E-state index in [1.807, 2.05) is 6.07 Å². The van der Waals surface area contributed by atoms with Gasteiger partial charge < -0.3 is 5.73 Å². The quantitative estimate of drug-likeness (QED) is 0.818. The van der Waals surface area contributed by atoms with Crippen LogP contribution in [0.25, 0.3) is 0 Å². The van der Waals surface area contributed by atoms with E-state index in [1.165, 1.54) is 18.9 Å². The smallest absolute Gasteiger partial charge is 0.123 e. The number of hydrogen-bond donors (Lipinski definition) is 1. The van der Waals surface area contributed by atoms with Crippen LogP contribution in [0.4, 0.5) is 4.39 Å². The molecule has 1 aliphatic carbocycles. The molecule has 1 saturated carbocycles. The minimum Gasteiger partial charge on any atom is -0.326 e. The standard InChI is InChI=1S/C12H17FN2/c1-15(12-2-3-12)8-10-4-9(7-14)5-11(13)6-10/h4-6,12H,2-3,7-8,14H2,1H3. The maximum absolute atomic E-state index is 13.2. The van der Waals surface area contributed by atoms with Gasteiger partial charge in [0.1, 0.15) is 5.82 Å². The highest BCUT2D eigenvalue weighted by atomic mass is 19.1. The van der Waals surface area contributed by atoms with Crippen LogP contribution in [-0.4, -0.2) is 18.0 Å². The molecule has 82 valence electrons. The van der Waals surface area contributed by atoms with E-state index in [0.29, 0.717) is 12.6 Å². The molecule has 0 aliphatic heterocycles. The molecule has 0 bridgehead atoms. The highest BCUT2D eigenvalue weighted by Gasteiger charge is 2.25. The molecule has 0 amide bonds. The largest absolute Gasteiger partial charge is 0.326 e. The van der Waals surface area contributed by atoms with E-state index < -0.39 is 0 Å². The second kappa shape index (κ2) is 4.29. The van der Waals surface area contributed by atoms with Crippen molar-refractivity contribution in [3.05, 3.63) is 35.1 Å². The number of nitrogens with two attached hydrogens (primary N) is 1. The Balaban J connectivity index is 2.08. The summed E-state index contributed by atoms with van der Waals surface area (Å²) in [5.41, 5.74) is 7.40. The molecule has 2 rings (SSSR count). The minimum atomic E-state index is -0.183. The first-order chi connectivity index (χ1) is 7.19.